The van der Waals surface area contributed by atoms with Crippen molar-refractivity contribution in [2.24, 2.45) is 5.41 Å². The Labute approximate surface area is 89.1 Å². The summed E-state index contributed by atoms with van der Waals surface area (Å²) in [4.78, 5) is 10.5. The topological polar surface area (TPSA) is 29.0 Å². The SMILES string of the molecule is CC1(C)CN(c2ncncc2CCl)C1. The Morgan fingerprint density at radius 3 is 2.79 bits per heavy atom. The van der Waals surface area contributed by atoms with Crippen LogP contribution in [0.1, 0.15) is 19.4 Å². The summed E-state index contributed by atoms with van der Waals surface area (Å²) in [7, 11) is 0. The number of anilines is 1. The van der Waals surface area contributed by atoms with Crippen LogP contribution < -0.4 is 4.90 Å². The average molecular weight is 212 g/mol. The maximum atomic E-state index is 5.82. The molecule has 0 spiro atoms. The Balaban J connectivity index is 2.18. The highest BCUT2D eigenvalue weighted by Gasteiger charge is 2.35. The maximum Gasteiger partial charge on any atom is 0.136 e. The third-order valence-corrected chi connectivity index (χ3v) is 2.73. The number of halogens is 1. The van der Waals surface area contributed by atoms with Gasteiger partial charge in [-0.1, -0.05) is 13.8 Å². The number of rotatable bonds is 2. The minimum absolute atomic E-state index is 0.411. The number of nitrogens with zero attached hydrogens (tertiary/aromatic N) is 3. The minimum atomic E-state index is 0.411. The van der Waals surface area contributed by atoms with Crippen LogP contribution in [-0.2, 0) is 5.88 Å². The van der Waals surface area contributed by atoms with Gasteiger partial charge in [0, 0.05) is 24.8 Å². The molecular weight excluding hydrogens is 198 g/mol. The molecule has 0 N–H and O–H groups in total. The van der Waals surface area contributed by atoms with Gasteiger partial charge >= 0.3 is 0 Å². The first-order chi connectivity index (χ1) is 6.62. The normalized spacial score (nSPS) is 19.2. The van der Waals surface area contributed by atoms with Crippen LogP contribution in [0.25, 0.3) is 0 Å². The van der Waals surface area contributed by atoms with E-state index >= 15 is 0 Å². The van der Waals surface area contributed by atoms with Gasteiger partial charge in [-0.25, -0.2) is 9.97 Å². The predicted octanol–water partition coefficient (Wildman–Crippen LogP) is 2.06. The smallest absolute Gasteiger partial charge is 0.136 e. The van der Waals surface area contributed by atoms with E-state index < -0.39 is 0 Å². The molecule has 1 aliphatic rings. The molecule has 0 aliphatic carbocycles. The van der Waals surface area contributed by atoms with Gasteiger partial charge in [-0.15, -0.1) is 11.6 Å². The number of aromatic nitrogens is 2. The van der Waals surface area contributed by atoms with Gasteiger partial charge in [-0.05, 0) is 5.41 Å². The van der Waals surface area contributed by atoms with E-state index in [0.717, 1.165) is 24.5 Å². The van der Waals surface area contributed by atoms with Crippen LogP contribution in [0.15, 0.2) is 12.5 Å². The highest BCUT2D eigenvalue weighted by Crippen LogP contribution is 2.33. The maximum absolute atomic E-state index is 5.82. The lowest BCUT2D eigenvalue weighted by atomic mass is 9.84. The summed E-state index contributed by atoms with van der Waals surface area (Å²) in [6, 6.07) is 0. The molecule has 14 heavy (non-hydrogen) atoms. The van der Waals surface area contributed by atoms with E-state index in [4.69, 9.17) is 11.6 Å². The molecule has 0 amide bonds. The average Bonchev–Trinajstić information content (AvgIpc) is 2.14. The summed E-state index contributed by atoms with van der Waals surface area (Å²) in [5.41, 5.74) is 1.43. The van der Waals surface area contributed by atoms with Crippen LogP contribution in [0.3, 0.4) is 0 Å². The number of hydrogen-bond acceptors (Lipinski definition) is 3. The van der Waals surface area contributed by atoms with Gasteiger partial charge in [-0.2, -0.15) is 0 Å². The van der Waals surface area contributed by atoms with Crippen molar-refractivity contribution in [3.8, 4) is 0 Å². The highest BCUT2D eigenvalue weighted by atomic mass is 35.5. The van der Waals surface area contributed by atoms with Gasteiger partial charge in [-0.3, -0.25) is 0 Å². The molecule has 3 nitrogen and oxygen atoms in total. The van der Waals surface area contributed by atoms with Gasteiger partial charge in [0.05, 0.1) is 5.88 Å². The van der Waals surface area contributed by atoms with E-state index in [1.165, 1.54) is 0 Å². The van der Waals surface area contributed by atoms with Gasteiger partial charge in [0.15, 0.2) is 0 Å². The molecule has 2 rings (SSSR count). The Morgan fingerprint density at radius 2 is 2.21 bits per heavy atom. The zero-order valence-corrected chi connectivity index (χ0v) is 9.25. The molecule has 1 saturated heterocycles. The summed E-state index contributed by atoms with van der Waals surface area (Å²) >= 11 is 5.82. The molecule has 0 unspecified atom stereocenters. The van der Waals surface area contributed by atoms with E-state index in [9.17, 15) is 0 Å². The van der Waals surface area contributed by atoms with Crippen LogP contribution in [0, 0.1) is 5.41 Å². The third-order valence-electron chi connectivity index (χ3n) is 2.45. The summed E-state index contributed by atoms with van der Waals surface area (Å²) in [5, 5.41) is 0. The first-order valence-electron chi connectivity index (χ1n) is 4.72. The lowest BCUT2D eigenvalue weighted by molar-refractivity contribution is 0.274. The fourth-order valence-electron chi connectivity index (χ4n) is 1.87. The Morgan fingerprint density at radius 1 is 1.50 bits per heavy atom. The van der Waals surface area contributed by atoms with Gasteiger partial charge in [0.2, 0.25) is 0 Å². The van der Waals surface area contributed by atoms with E-state index in [2.05, 4.69) is 28.7 Å². The Kier molecular flexibility index (Phi) is 2.35. The fourth-order valence-corrected chi connectivity index (χ4v) is 2.06. The van der Waals surface area contributed by atoms with Crippen molar-refractivity contribution in [3.05, 3.63) is 18.1 Å². The van der Waals surface area contributed by atoms with Crippen LogP contribution in [0.5, 0.6) is 0 Å². The van der Waals surface area contributed by atoms with Crippen LogP contribution in [-0.4, -0.2) is 23.1 Å². The highest BCUT2D eigenvalue weighted by molar-refractivity contribution is 6.17. The quantitative estimate of drug-likeness (QED) is 0.702. The van der Waals surface area contributed by atoms with Crippen molar-refractivity contribution < 1.29 is 0 Å². The lowest BCUT2D eigenvalue weighted by Gasteiger charge is -2.47. The summed E-state index contributed by atoms with van der Waals surface area (Å²) in [5.74, 6) is 1.47. The molecule has 1 fully saturated rings. The zero-order chi connectivity index (χ0) is 10.2. The van der Waals surface area contributed by atoms with E-state index in [1.54, 1.807) is 12.5 Å². The van der Waals surface area contributed by atoms with Crippen LogP contribution in [0.2, 0.25) is 0 Å². The van der Waals surface area contributed by atoms with E-state index in [0.29, 0.717) is 11.3 Å². The standard InChI is InChI=1S/C10H14ClN3/c1-10(2)5-14(6-10)9-8(3-11)4-12-7-13-9/h4,7H,3,5-6H2,1-2H3. The molecule has 0 radical (unpaired) electrons. The molecule has 1 aromatic rings. The van der Waals surface area contributed by atoms with Crippen molar-refractivity contribution in [1.82, 2.24) is 9.97 Å². The fraction of sp³-hybridized carbons (Fsp3) is 0.600. The molecule has 0 atom stereocenters. The minimum Gasteiger partial charge on any atom is -0.355 e. The van der Waals surface area contributed by atoms with Crippen molar-refractivity contribution in [3.63, 3.8) is 0 Å². The molecular formula is C10H14ClN3. The Hall–Kier alpha value is -0.830. The van der Waals surface area contributed by atoms with Crippen molar-refractivity contribution >= 4 is 17.4 Å². The van der Waals surface area contributed by atoms with E-state index in [1.807, 2.05) is 0 Å². The van der Waals surface area contributed by atoms with E-state index in [-0.39, 0.29) is 0 Å². The predicted molar refractivity (Wildman–Crippen MR) is 57.6 cm³/mol. The van der Waals surface area contributed by atoms with Crippen molar-refractivity contribution in [2.45, 2.75) is 19.7 Å². The first kappa shape index (κ1) is 9.71. The van der Waals surface area contributed by atoms with Gasteiger partial charge < -0.3 is 4.90 Å². The van der Waals surface area contributed by atoms with Crippen LogP contribution in [0.4, 0.5) is 5.82 Å². The zero-order valence-electron chi connectivity index (χ0n) is 8.50. The molecule has 2 heterocycles. The number of hydrogen-bond donors (Lipinski definition) is 0. The molecule has 0 bridgehead atoms. The second kappa shape index (κ2) is 3.39. The first-order valence-corrected chi connectivity index (χ1v) is 5.26. The van der Waals surface area contributed by atoms with Crippen LogP contribution >= 0.6 is 11.6 Å². The molecule has 1 aliphatic heterocycles. The van der Waals surface area contributed by atoms with Crippen molar-refractivity contribution in [2.75, 3.05) is 18.0 Å². The lowest BCUT2D eigenvalue weighted by Crippen LogP contribution is -2.53. The number of alkyl halides is 1. The monoisotopic (exact) mass is 211 g/mol. The largest absolute Gasteiger partial charge is 0.355 e. The third kappa shape index (κ3) is 1.69. The summed E-state index contributed by atoms with van der Waals surface area (Å²) < 4.78 is 0. The summed E-state index contributed by atoms with van der Waals surface area (Å²) in [6.45, 7) is 6.61. The van der Waals surface area contributed by atoms with Gasteiger partial charge in [0.1, 0.15) is 12.1 Å². The second-order valence-corrected chi connectivity index (χ2v) is 4.79. The molecule has 4 heteroatoms. The second-order valence-electron chi connectivity index (χ2n) is 4.53. The summed E-state index contributed by atoms with van der Waals surface area (Å²) in [6.07, 6.45) is 3.37. The Bertz CT molecular complexity index is 330. The molecule has 1 aromatic heterocycles. The van der Waals surface area contributed by atoms with Crippen molar-refractivity contribution in [1.29, 1.82) is 0 Å². The molecule has 0 saturated carbocycles. The molecule has 0 aromatic carbocycles. The molecule has 76 valence electrons. The van der Waals surface area contributed by atoms with Gasteiger partial charge in [0.25, 0.3) is 0 Å².